The molecule has 6 nitrogen and oxygen atoms in total. The quantitative estimate of drug-likeness (QED) is 0.433. The van der Waals surface area contributed by atoms with Gasteiger partial charge in [0.05, 0.1) is 39.0 Å². The summed E-state index contributed by atoms with van der Waals surface area (Å²) in [5, 5.41) is 4.07. The number of aromatic nitrogens is 2. The lowest BCUT2D eigenvalue weighted by Crippen LogP contribution is -2.24. The second kappa shape index (κ2) is 12.5. The third-order valence-corrected chi connectivity index (χ3v) is 6.99. The molecular weight excluding hydrogens is 452 g/mol. The van der Waals surface area contributed by atoms with E-state index in [0.717, 1.165) is 29.9 Å². The highest BCUT2D eigenvalue weighted by Crippen LogP contribution is 2.31. The number of benzene rings is 1. The van der Waals surface area contributed by atoms with Crippen LogP contribution in [0.1, 0.15) is 51.0 Å². The number of unbranched alkanes of at least 4 members (excludes halogenated alkanes) is 1. The molecule has 0 aliphatic heterocycles. The predicted molar refractivity (Wildman–Crippen MR) is 130 cm³/mol. The Kier molecular flexibility index (Phi) is 10.4. The van der Waals surface area contributed by atoms with E-state index in [-0.39, 0.29) is 11.8 Å². The van der Waals surface area contributed by atoms with Gasteiger partial charge < -0.3 is 5.32 Å². The van der Waals surface area contributed by atoms with Crippen LogP contribution in [0.4, 0.5) is 5.82 Å². The highest BCUT2D eigenvalue weighted by Gasteiger charge is 2.25. The summed E-state index contributed by atoms with van der Waals surface area (Å²) in [4.78, 5) is 22.5. The van der Waals surface area contributed by atoms with Crippen LogP contribution in [-0.2, 0) is 15.6 Å². The van der Waals surface area contributed by atoms with E-state index in [4.69, 9.17) is 11.6 Å². The number of carbonyl (C=O) groups is 1. The number of hydrogen-bond acceptors (Lipinski definition) is 6. The summed E-state index contributed by atoms with van der Waals surface area (Å²) in [6.45, 7) is 4.33. The van der Waals surface area contributed by atoms with Crippen molar-refractivity contribution in [2.75, 3.05) is 25.7 Å². The van der Waals surface area contributed by atoms with Gasteiger partial charge in [0.1, 0.15) is 5.03 Å². The number of rotatable bonds is 11. The molecule has 170 valence electrons. The largest absolute Gasteiger partial charge is 0.309 e. The van der Waals surface area contributed by atoms with Crippen LogP contribution in [0.2, 0.25) is 5.02 Å². The maximum absolute atomic E-state index is 13.2. The lowest BCUT2D eigenvalue weighted by atomic mass is 9.86. The molecule has 0 radical (unpaired) electrons. The van der Waals surface area contributed by atoms with Gasteiger partial charge in [-0.1, -0.05) is 50.8 Å². The van der Waals surface area contributed by atoms with E-state index in [0.29, 0.717) is 28.1 Å². The molecule has 3 unspecified atom stereocenters. The highest BCUT2D eigenvalue weighted by atomic mass is 35.5. The summed E-state index contributed by atoms with van der Waals surface area (Å²) in [7, 11) is 2.67. The lowest BCUT2D eigenvalue weighted by molar-refractivity contribution is -0.118. The predicted octanol–water partition coefficient (Wildman–Crippen LogP) is 5.37. The van der Waals surface area contributed by atoms with Gasteiger partial charge in [0, 0.05) is 6.26 Å². The Morgan fingerprint density at radius 3 is 2.58 bits per heavy atom. The van der Waals surface area contributed by atoms with Crippen LogP contribution < -0.4 is 5.32 Å². The summed E-state index contributed by atoms with van der Waals surface area (Å²) in [5.41, 5.74) is 0.813. The first kappa shape index (κ1) is 25.8. The van der Waals surface area contributed by atoms with Gasteiger partial charge in [0.15, 0.2) is 5.82 Å². The van der Waals surface area contributed by atoms with Gasteiger partial charge in [-0.25, -0.2) is 9.97 Å². The molecule has 0 fully saturated rings. The molecule has 1 amide bonds. The van der Waals surface area contributed by atoms with Crippen molar-refractivity contribution in [3.8, 4) is 0 Å². The van der Waals surface area contributed by atoms with Crippen molar-refractivity contribution >= 4 is 46.1 Å². The second-order valence-corrected chi connectivity index (χ2v) is 10.9. The fourth-order valence-electron chi connectivity index (χ4n) is 3.26. The Labute approximate surface area is 197 Å². The van der Waals surface area contributed by atoms with Crippen LogP contribution in [0.5, 0.6) is 0 Å². The first-order chi connectivity index (χ1) is 14.7. The topological polar surface area (TPSA) is 75.2 Å². The van der Waals surface area contributed by atoms with Gasteiger partial charge in [0.2, 0.25) is 5.91 Å². The Morgan fingerprint density at radius 1 is 1.29 bits per heavy atom. The Bertz CT molecular complexity index is 894. The van der Waals surface area contributed by atoms with Crippen LogP contribution in [-0.4, -0.2) is 44.7 Å². The zero-order valence-corrected chi connectivity index (χ0v) is 21.1. The summed E-state index contributed by atoms with van der Waals surface area (Å²) >= 11 is 7.82. The molecule has 0 aliphatic carbocycles. The summed E-state index contributed by atoms with van der Waals surface area (Å²) < 4.78 is 13.8. The molecule has 0 saturated carbocycles. The smallest absolute Gasteiger partial charge is 0.233 e. The van der Waals surface area contributed by atoms with Gasteiger partial charge in [0.25, 0.3) is 0 Å². The number of hydrogen-bond donors (Lipinski definition) is 1. The number of carbonyl (C=O) groups excluding carboxylic acids is 1. The van der Waals surface area contributed by atoms with Crippen LogP contribution in [0.3, 0.4) is 0 Å². The average Bonchev–Trinajstić information content (AvgIpc) is 2.71. The van der Waals surface area contributed by atoms with E-state index in [2.05, 4.69) is 29.1 Å². The van der Waals surface area contributed by atoms with Crippen molar-refractivity contribution in [1.82, 2.24) is 14.3 Å². The zero-order chi connectivity index (χ0) is 23.0. The standard InChI is InChI=1S/C22H31ClN4O2S2/c1-6-7-8-15(2)11-17(16-9-10-19(31(5)29)18(23)12-16)22(28)26-20-13-25-21(14-24-20)30-27(3)4/h9-10,12-15,17H,6-8,11H2,1-5H3,(H,24,26,28). The minimum atomic E-state index is -1.18. The third kappa shape index (κ3) is 8.18. The normalized spacial score (nSPS) is 14.3. The molecule has 0 spiro atoms. The first-order valence-corrected chi connectivity index (χ1v) is 13.0. The van der Waals surface area contributed by atoms with Crippen molar-refractivity contribution in [2.45, 2.75) is 55.4 Å². The molecule has 0 saturated heterocycles. The fourth-order valence-corrected chi connectivity index (χ4v) is 4.94. The minimum absolute atomic E-state index is 0.146. The van der Waals surface area contributed by atoms with Crippen LogP contribution in [0, 0.1) is 5.92 Å². The molecule has 2 rings (SSSR count). The maximum atomic E-state index is 13.2. The van der Waals surface area contributed by atoms with Gasteiger partial charge in [-0.3, -0.25) is 13.3 Å². The Morgan fingerprint density at radius 2 is 2.03 bits per heavy atom. The van der Waals surface area contributed by atoms with E-state index < -0.39 is 10.8 Å². The third-order valence-electron chi connectivity index (χ3n) is 4.83. The Balaban J connectivity index is 2.23. The van der Waals surface area contributed by atoms with Crippen LogP contribution in [0.15, 0.2) is 40.5 Å². The molecular formula is C22H31ClN4O2S2. The van der Waals surface area contributed by atoms with Crippen molar-refractivity contribution < 1.29 is 9.00 Å². The number of nitrogens with zero attached hydrogens (tertiary/aromatic N) is 3. The van der Waals surface area contributed by atoms with E-state index >= 15 is 0 Å². The van der Waals surface area contributed by atoms with Crippen molar-refractivity contribution in [1.29, 1.82) is 0 Å². The fraction of sp³-hybridized carbons (Fsp3) is 0.500. The summed E-state index contributed by atoms with van der Waals surface area (Å²) in [6.07, 6.45) is 8.80. The molecule has 1 aromatic heterocycles. The number of anilines is 1. The molecule has 31 heavy (non-hydrogen) atoms. The van der Waals surface area contributed by atoms with Gasteiger partial charge in [-0.2, -0.15) is 0 Å². The van der Waals surface area contributed by atoms with E-state index in [1.165, 1.54) is 11.9 Å². The lowest BCUT2D eigenvalue weighted by Gasteiger charge is -2.21. The van der Waals surface area contributed by atoms with E-state index in [9.17, 15) is 9.00 Å². The SMILES string of the molecule is CCCCC(C)CC(C(=O)Nc1cnc(SN(C)C)cn1)c1ccc(S(C)=O)c(Cl)c1. The zero-order valence-electron chi connectivity index (χ0n) is 18.7. The average molecular weight is 483 g/mol. The van der Waals surface area contributed by atoms with E-state index in [1.54, 1.807) is 30.8 Å². The van der Waals surface area contributed by atoms with Crippen LogP contribution >= 0.6 is 23.5 Å². The van der Waals surface area contributed by atoms with Crippen LogP contribution in [0.25, 0.3) is 0 Å². The summed E-state index contributed by atoms with van der Waals surface area (Å²) in [5.74, 6) is 0.254. The summed E-state index contributed by atoms with van der Waals surface area (Å²) in [6, 6.07) is 5.36. The molecule has 1 aromatic carbocycles. The maximum Gasteiger partial charge on any atom is 0.233 e. The minimum Gasteiger partial charge on any atom is -0.309 e. The molecule has 1 heterocycles. The van der Waals surface area contributed by atoms with Gasteiger partial charge in [-0.15, -0.1) is 0 Å². The first-order valence-electron chi connectivity index (χ1n) is 10.3. The van der Waals surface area contributed by atoms with Gasteiger partial charge >= 0.3 is 0 Å². The molecule has 0 bridgehead atoms. The second-order valence-electron chi connectivity index (χ2n) is 7.81. The molecule has 2 aromatic rings. The van der Waals surface area contributed by atoms with Crippen molar-refractivity contribution in [3.63, 3.8) is 0 Å². The number of amides is 1. The Hall–Kier alpha value is -1.48. The number of halogens is 1. The monoisotopic (exact) mass is 482 g/mol. The highest BCUT2D eigenvalue weighted by molar-refractivity contribution is 7.96. The van der Waals surface area contributed by atoms with Crippen molar-refractivity contribution in [2.24, 2.45) is 5.92 Å². The van der Waals surface area contributed by atoms with E-state index in [1.807, 2.05) is 24.5 Å². The molecule has 0 aliphatic rings. The van der Waals surface area contributed by atoms with Gasteiger partial charge in [-0.05, 0) is 56.1 Å². The number of nitrogens with one attached hydrogen (secondary N) is 1. The molecule has 1 N–H and O–H groups in total. The molecule has 3 atom stereocenters. The van der Waals surface area contributed by atoms with Crippen molar-refractivity contribution in [3.05, 3.63) is 41.2 Å². The molecule has 9 heteroatoms.